The second-order valence-corrected chi connectivity index (χ2v) is 7.16. The minimum absolute atomic E-state index is 0.161. The molecule has 0 amide bonds. The summed E-state index contributed by atoms with van der Waals surface area (Å²) in [6.45, 7) is 2.65. The van der Waals surface area contributed by atoms with Crippen molar-refractivity contribution in [2.75, 3.05) is 13.1 Å². The Morgan fingerprint density at radius 3 is 2.82 bits per heavy atom. The molecule has 1 saturated heterocycles. The highest BCUT2D eigenvalue weighted by Gasteiger charge is 2.35. The average molecular weight is 322 g/mol. The first-order valence-electron chi connectivity index (χ1n) is 7.05. The molecule has 0 aromatic carbocycles. The van der Waals surface area contributed by atoms with Crippen LogP contribution in [-0.4, -0.2) is 46.7 Å². The number of ether oxygens (including phenoxy) is 1. The Bertz CT molecular complexity index is 772. The van der Waals surface area contributed by atoms with Crippen LogP contribution in [0.4, 0.5) is 0 Å². The van der Waals surface area contributed by atoms with Gasteiger partial charge in [0.05, 0.1) is 18.4 Å². The summed E-state index contributed by atoms with van der Waals surface area (Å²) in [6.07, 6.45) is 3.68. The molecule has 1 aliphatic heterocycles. The van der Waals surface area contributed by atoms with Crippen LogP contribution in [0.15, 0.2) is 35.6 Å². The van der Waals surface area contributed by atoms with Gasteiger partial charge in [-0.25, -0.2) is 8.42 Å². The van der Waals surface area contributed by atoms with Crippen molar-refractivity contribution in [1.82, 2.24) is 19.1 Å². The van der Waals surface area contributed by atoms with E-state index in [0.717, 1.165) is 5.69 Å². The second kappa shape index (κ2) is 5.69. The summed E-state index contributed by atoms with van der Waals surface area (Å²) in [5.41, 5.74) is 0.801. The Balaban J connectivity index is 1.73. The SMILES string of the molecule is Cc1ncccc1OC1CCN(S(=O)(=O)c2ccnn2C)C1. The summed E-state index contributed by atoms with van der Waals surface area (Å²) >= 11 is 0. The molecule has 2 aromatic heterocycles. The van der Waals surface area contributed by atoms with Crippen molar-refractivity contribution >= 4 is 10.0 Å². The van der Waals surface area contributed by atoms with Crippen molar-refractivity contribution in [1.29, 1.82) is 0 Å². The highest BCUT2D eigenvalue weighted by Crippen LogP contribution is 2.24. The number of sulfonamides is 1. The van der Waals surface area contributed by atoms with Crippen molar-refractivity contribution in [3.05, 3.63) is 36.3 Å². The molecule has 3 rings (SSSR count). The summed E-state index contributed by atoms with van der Waals surface area (Å²) < 4.78 is 33.9. The lowest BCUT2D eigenvalue weighted by Crippen LogP contribution is -2.32. The Kier molecular flexibility index (Phi) is 3.88. The fourth-order valence-electron chi connectivity index (χ4n) is 2.53. The average Bonchev–Trinajstić information content (AvgIpc) is 3.11. The van der Waals surface area contributed by atoms with E-state index in [1.807, 2.05) is 13.0 Å². The van der Waals surface area contributed by atoms with Crippen molar-refractivity contribution < 1.29 is 13.2 Å². The van der Waals surface area contributed by atoms with Gasteiger partial charge in [0, 0.05) is 19.8 Å². The molecular formula is C14H18N4O3S. The molecule has 1 aliphatic rings. The normalized spacial score (nSPS) is 19.5. The predicted octanol–water partition coefficient (Wildman–Crippen LogP) is 0.966. The smallest absolute Gasteiger partial charge is 0.260 e. The third-order valence-corrected chi connectivity index (χ3v) is 5.68. The maximum absolute atomic E-state index is 12.6. The van der Waals surface area contributed by atoms with Gasteiger partial charge in [0.2, 0.25) is 0 Å². The molecule has 1 unspecified atom stereocenters. The van der Waals surface area contributed by atoms with Gasteiger partial charge in [0.15, 0.2) is 5.03 Å². The van der Waals surface area contributed by atoms with Crippen molar-refractivity contribution in [3.8, 4) is 5.75 Å². The number of hydrogen-bond acceptors (Lipinski definition) is 5. The van der Waals surface area contributed by atoms with Crippen LogP contribution in [0, 0.1) is 6.92 Å². The molecule has 22 heavy (non-hydrogen) atoms. The van der Waals surface area contributed by atoms with Crippen LogP contribution in [0.2, 0.25) is 0 Å². The molecule has 2 aromatic rings. The Labute approximate surface area is 129 Å². The molecule has 0 bridgehead atoms. The van der Waals surface area contributed by atoms with Gasteiger partial charge >= 0.3 is 0 Å². The van der Waals surface area contributed by atoms with E-state index < -0.39 is 10.0 Å². The van der Waals surface area contributed by atoms with Crippen LogP contribution >= 0.6 is 0 Å². The van der Waals surface area contributed by atoms with Gasteiger partial charge < -0.3 is 4.74 Å². The van der Waals surface area contributed by atoms with Crippen LogP contribution < -0.4 is 4.74 Å². The lowest BCUT2D eigenvalue weighted by Gasteiger charge is -2.17. The lowest BCUT2D eigenvalue weighted by molar-refractivity contribution is 0.213. The van der Waals surface area contributed by atoms with Crippen molar-refractivity contribution in [2.45, 2.75) is 24.5 Å². The summed E-state index contributed by atoms with van der Waals surface area (Å²) in [6, 6.07) is 5.16. The molecule has 1 atom stereocenters. The molecule has 0 aliphatic carbocycles. The highest BCUT2D eigenvalue weighted by molar-refractivity contribution is 7.89. The van der Waals surface area contributed by atoms with Crippen LogP contribution in [0.3, 0.4) is 0 Å². The molecule has 7 nitrogen and oxygen atoms in total. The van der Waals surface area contributed by atoms with Crippen LogP contribution in [0.5, 0.6) is 5.75 Å². The molecule has 0 radical (unpaired) electrons. The molecule has 8 heteroatoms. The highest BCUT2D eigenvalue weighted by atomic mass is 32.2. The van der Waals surface area contributed by atoms with Gasteiger partial charge in [0.1, 0.15) is 11.9 Å². The van der Waals surface area contributed by atoms with E-state index in [1.54, 1.807) is 19.3 Å². The quantitative estimate of drug-likeness (QED) is 0.838. The number of rotatable bonds is 4. The van der Waals surface area contributed by atoms with Gasteiger partial charge in [-0.2, -0.15) is 9.40 Å². The Morgan fingerprint density at radius 1 is 1.32 bits per heavy atom. The van der Waals surface area contributed by atoms with E-state index >= 15 is 0 Å². The van der Waals surface area contributed by atoms with Gasteiger partial charge in [-0.1, -0.05) is 0 Å². The summed E-state index contributed by atoms with van der Waals surface area (Å²) in [5.74, 6) is 0.701. The molecule has 118 valence electrons. The zero-order valence-corrected chi connectivity index (χ0v) is 13.3. The van der Waals surface area contributed by atoms with Gasteiger partial charge in [-0.3, -0.25) is 9.67 Å². The summed E-state index contributed by atoms with van der Waals surface area (Å²) in [4.78, 5) is 4.17. The third kappa shape index (κ3) is 2.71. The fourth-order valence-corrected chi connectivity index (χ4v) is 4.12. The molecule has 3 heterocycles. The predicted molar refractivity (Wildman–Crippen MR) is 80.0 cm³/mol. The van der Waals surface area contributed by atoms with Gasteiger partial charge in [-0.15, -0.1) is 0 Å². The van der Waals surface area contributed by atoms with E-state index in [1.165, 1.54) is 21.3 Å². The van der Waals surface area contributed by atoms with E-state index in [-0.39, 0.29) is 11.1 Å². The summed E-state index contributed by atoms with van der Waals surface area (Å²) in [7, 11) is -1.90. The van der Waals surface area contributed by atoms with Crippen LogP contribution in [-0.2, 0) is 17.1 Å². The van der Waals surface area contributed by atoms with E-state index in [2.05, 4.69) is 10.1 Å². The van der Waals surface area contributed by atoms with Gasteiger partial charge in [-0.05, 0) is 31.5 Å². The van der Waals surface area contributed by atoms with Gasteiger partial charge in [0.25, 0.3) is 10.0 Å². The number of aryl methyl sites for hydroxylation is 2. The molecule has 0 spiro atoms. The summed E-state index contributed by atoms with van der Waals surface area (Å²) in [5, 5.41) is 4.12. The Morgan fingerprint density at radius 2 is 2.14 bits per heavy atom. The molecule has 1 fully saturated rings. The van der Waals surface area contributed by atoms with Crippen molar-refractivity contribution in [2.24, 2.45) is 7.05 Å². The second-order valence-electron chi connectivity index (χ2n) is 5.27. The lowest BCUT2D eigenvalue weighted by atomic mass is 10.3. The molecular weight excluding hydrogens is 304 g/mol. The minimum Gasteiger partial charge on any atom is -0.487 e. The fraction of sp³-hybridized carbons (Fsp3) is 0.429. The first-order valence-corrected chi connectivity index (χ1v) is 8.49. The van der Waals surface area contributed by atoms with Crippen molar-refractivity contribution in [3.63, 3.8) is 0 Å². The maximum atomic E-state index is 12.6. The first-order chi connectivity index (χ1) is 10.5. The van der Waals surface area contributed by atoms with Crippen LogP contribution in [0.25, 0.3) is 0 Å². The maximum Gasteiger partial charge on any atom is 0.260 e. The minimum atomic E-state index is -3.52. The van der Waals surface area contributed by atoms with E-state index in [9.17, 15) is 8.42 Å². The number of aromatic nitrogens is 3. The molecule has 0 N–H and O–H groups in total. The van der Waals surface area contributed by atoms with E-state index in [4.69, 9.17) is 4.74 Å². The topological polar surface area (TPSA) is 77.3 Å². The Hall–Kier alpha value is -1.93. The zero-order chi connectivity index (χ0) is 15.7. The molecule has 0 saturated carbocycles. The monoisotopic (exact) mass is 322 g/mol. The number of pyridine rings is 1. The van der Waals surface area contributed by atoms with Crippen LogP contribution in [0.1, 0.15) is 12.1 Å². The number of hydrogen-bond donors (Lipinski definition) is 0. The largest absolute Gasteiger partial charge is 0.487 e. The number of nitrogens with zero attached hydrogens (tertiary/aromatic N) is 4. The zero-order valence-electron chi connectivity index (χ0n) is 12.5. The van der Waals surface area contributed by atoms with E-state index in [0.29, 0.717) is 25.3 Å². The standard InChI is InChI=1S/C14H18N4O3S/c1-11-13(4-3-7-15-11)21-12-6-9-18(10-12)22(19,20)14-5-8-16-17(14)2/h3-5,7-8,12H,6,9-10H2,1-2H3. The third-order valence-electron chi connectivity index (χ3n) is 3.74. The first kappa shape index (κ1) is 15.0.